The lowest BCUT2D eigenvalue weighted by Crippen LogP contribution is -2.40. The summed E-state index contributed by atoms with van der Waals surface area (Å²) >= 11 is 0. The molecule has 0 aliphatic rings. The summed E-state index contributed by atoms with van der Waals surface area (Å²) in [7, 11) is 1.48. The van der Waals surface area contributed by atoms with Crippen LogP contribution in [0.25, 0.3) is 0 Å². The molecular formula is C20H24N2O4. The minimum absolute atomic E-state index is 0.00203. The van der Waals surface area contributed by atoms with Gasteiger partial charge < -0.3 is 20.5 Å². The summed E-state index contributed by atoms with van der Waals surface area (Å²) < 4.78 is 5.18. The van der Waals surface area contributed by atoms with Gasteiger partial charge in [-0.1, -0.05) is 12.1 Å². The molecule has 0 heterocycles. The SMILES string of the molecule is COc1cccc(O)c1CC(=O)Nc1cccc(C(=O)NC(C)(C)C)c1. The molecule has 0 fully saturated rings. The van der Waals surface area contributed by atoms with Crippen LogP contribution in [0, 0.1) is 0 Å². The van der Waals surface area contributed by atoms with Crippen molar-refractivity contribution in [3.8, 4) is 11.5 Å². The number of aromatic hydroxyl groups is 1. The number of carbonyl (C=O) groups excluding carboxylic acids is 2. The standard InChI is InChI=1S/C20H24N2O4/c1-20(2,3)22-19(25)13-7-5-8-14(11-13)21-18(24)12-15-16(23)9-6-10-17(15)26-4/h5-11,23H,12H2,1-4H3,(H,21,24)(H,22,25). The molecule has 0 aliphatic heterocycles. The Balaban J connectivity index is 2.11. The number of carbonyl (C=O) groups is 2. The zero-order valence-corrected chi connectivity index (χ0v) is 15.4. The van der Waals surface area contributed by atoms with Crippen LogP contribution >= 0.6 is 0 Å². The summed E-state index contributed by atoms with van der Waals surface area (Å²) in [5.41, 5.74) is 1.02. The molecule has 0 radical (unpaired) electrons. The fourth-order valence-corrected chi connectivity index (χ4v) is 2.44. The van der Waals surface area contributed by atoms with Gasteiger partial charge in [-0.2, -0.15) is 0 Å². The Bertz CT molecular complexity index is 810. The van der Waals surface area contributed by atoms with Gasteiger partial charge >= 0.3 is 0 Å². The van der Waals surface area contributed by atoms with Crippen molar-refractivity contribution in [2.75, 3.05) is 12.4 Å². The third-order valence-electron chi connectivity index (χ3n) is 3.56. The Kier molecular flexibility index (Phi) is 5.87. The molecule has 138 valence electrons. The molecule has 2 aromatic carbocycles. The summed E-state index contributed by atoms with van der Waals surface area (Å²) in [5, 5.41) is 15.6. The number of rotatable bonds is 5. The number of amides is 2. The normalized spacial score (nSPS) is 10.9. The molecule has 0 unspecified atom stereocenters. The van der Waals surface area contributed by atoms with E-state index < -0.39 is 0 Å². The summed E-state index contributed by atoms with van der Waals surface area (Å²) in [4.78, 5) is 24.6. The summed E-state index contributed by atoms with van der Waals surface area (Å²) in [6, 6.07) is 11.5. The molecule has 0 atom stereocenters. The number of methoxy groups -OCH3 is 1. The first-order chi connectivity index (χ1) is 12.2. The Morgan fingerprint density at radius 2 is 1.81 bits per heavy atom. The van der Waals surface area contributed by atoms with Crippen molar-refractivity contribution in [1.82, 2.24) is 5.32 Å². The number of hydrogen-bond donors (Lipinski definition) is 3. The molecule has 0 aromatic heterocycles. The Labute approximate surface area is 153 Å². The van der Waals surface area contributed by atoms with Gasteiger partial charge in [0.05, 0.1) is 13.5 Å². The van der Waals surface area contributed by atoms with Crippen molar-refractivity contribution in [2.24, 2.45) is 0 Å². The van der Waals surface area contributed by atoms with E-state index in [9.17, 15) is 14.7 Å². The molecular weight excluding hydrogens is 332 g/mol. The predicted molar refractivity (Wildman–Crippen MR) is 101 cm³/mol. The van der Waals surface area contributed by atoms with Gasteiger partial charge in [0.25, 0.3) is 5.91 Å². The molecule has 2 amide bonds. The molecule has 6 nitrogen and oxygen atoms in total. The maximum absolute atomic E-state index is 12.3. The van der Waals surface area contributed by atoms with Crippen LogP contribution in [0.4, 0.5) is 5.69 Å². The van der Waals surface area contributed by atoms with Crippen molar-refractivity contribution in [3.05, 3.63) is 53.6 Å². The second-order valence-electron chi connectivity index (χ2n) is 6.97. The fraction of sp³-hybridized carbons (Fsp3) is 0.300. The predicted octanol–water partition coefficient (Wildman–Crippen LogP) is 3.11. The van der Waals surface area contributed by atoms with E-state index in [1.54, 1.807) is 36.4 Å². The van der Waals surface area contributed by atoms with E-state index in [0.717, 1.165) is 0 Å². The molecule has 26 heavy (non-hydrogen) atoms. The highest BCUT2D eigenvalue weighted by molar-refractivity contribution is 5.98. The van der Waals surface area contributed by atoms with Crippen molar-refractivity contribution in [1.29, 1.82) is 0 Å². The Morgan fingerprint density at radius 1 is 1.12 bits per heavy atom. The third kappa shape index (κ3) is 5.24. The summed E-state index contributed by atoms with van der Waals surface area (Å²) in [6.45, 7) is 5.70. The van der Waals surface area contributed by atoms with E-state index >= 15 is 0 Å². The first-order valence-corrected chi connectivity index (χ1v) is 8.27. The molecule has 2 aromatic rings. The first-order valence-electron chi connectivity index (χ1n) is 8.27. The fourth-order valence-electron chi connectivity index (χ4n) is 2.44. The number of nitrogens with one attached hydrogen (secondary N) is 2. The van der Waals surface area contributed by atoms with Crippen molar-refractivity contribution < 1.29 is 19.4 Å². The maximum Gasteiger partial charge on any atom is 0.251 e. The van der Waals surface area contributed by atoms with Crippen LogP contribution in [-0.4, -0.2) is 29.6 Å². The topological polar surface area (TPSA) is 87.7 Å². The first kappa shape index (κ1) is 19.3. The van der Waals surface area contributed by atoms with Crippen LogP contribution in [0.2, 0.25) is 0 Å². The van der Waals surface area contributed by atoms with Crippen molar-refractivity contribution >= 4 is 17.5 Å². The number of phenolic OH excluding ortho intramolecular Hbond substituents is 1. The van der Waals surface area contributed by atoms with Gasteiger partial charge in [0.15, 0.2) is 0 Å². The number of hydrogen-bond acceptors (Lipinski definition) is 4. The summed E-state index contributed by atoms with van der Waals surface area (Å²) in [6.07, 6.45) is -0.0474. The van der Waals surface area contributed by atoms with Crippen LogP contribution in [0.15, 0.2) is 42.5 Å². The van der Waals surface area contributed by atoms with Gasteiger partial charge in [0.2, 0.25) is 5.91 Å². The van der Waals surface area contributed by atoms with Crippen molar-refractivity contribution in [3.63, 3.8) is 0 Å². The Hall–Kier alpha value is -3.02. The molecule has 0 aliphatic carbocycles. The lowest BCUT2D eigenvalue weighted by Gasteiger charge is -2.20. The summed E-state index contributed by atoms with van der Waals surface area (Å²) in [5.74, 6) is -0.0922. The van der Waals surface area contributed by atoms with Gasteiger partial charge in [-0.3, -0.25) is 9.59 Å². The van der Waals surface area contributed by atoms with E-state index in [4.69, 9.17) is 4.74 Å². The van der Waals surface area contributed by atoms with E-state index in [1.165, 1.54) is 13.2 Å². The highest BCUT2D eigenvalue weighted by Gasteiger charge is 2.16. The van der Waals surface area contributed by atoms with E-state index in [-0.39, 0.29) is 29.5 Å². The van der Waals surface area contributed by atoms with E-state index in [1.807, 2.05) is 20.8 Å². The van der Waals surface area contributed by atoms with E-state index in [2.05, 4.69) is 10.6 Å². The minimum Gasteiger partial charge on any atom is -0.508 e. The second kappa shape index (κ2) is 7.91. The smallest absolute Gasteiger partial charge is 0.251 e. The zero-order chi connectivity index (χ0) is 19.3. The van der Waals surface area contributed by atoms with Crippen molar-refractivity contribution in [2.45, 2.75) is 32.7 Å². The molecule has 0 saturated carbocycles. The maximum atomic E-state index is 12.3. The number of ether oxygens (including phenoxy) is 1. The van der Waals surface area contributed by atoms with Gasteiger partial charge in [0.1, 0.15) is 11.5 Å². The van der Waals surface area contributed by atoms with Gasteiger partial charge in [-0.25, -0.2) is 0 Å². The highest BCUT2D eigenvalue weighted by Crippen LogP contribution is 2.28. The van der Waals surface area contributed by atoms with Crippen LogP contribution in [-0.2, 0) is 11.2 Å². The average molecular weight is 356 g/mol. The third-order valence-corrected chi connectivity index (χ3v) is 3.56. The minimum atomic E-state index is -0.349. The molecule has 3 N–H and O–H groups in total. The number of benzene rings is 2. The van der Waals surface area contributed by atoms with Crippen LogP contribution in [0.5, 0.6) is 11.5 Å². The van der Waals surface area contributed by atoms with Gasteiger partial charge in [-0.15, -0.1) is 0 Å². The molecule has 0 saturated heterocycles. The average Bonchev–Trinajstić information content (AvgIpc) is 2.55. The van der Waals surface area contributed by atoms with Gasteiger partial charge in [-0.05, 0) is 51.1 Å². The van der Waals surface area contributed by atoms with E-state index in [0.29, 0.717) is 22.6 Å². The highest BCUT2D eigenvalue weighted by atomic mass is 16.5. The van der Waals surface area contributed by atoms with Crippen LogP contribution in [0.3, 0.4) is 0 Å². The number of anilines is 1. The zero-order valence-electron chi connectivity index (χ0n) is 15.4. The molecule has 2 rings (SSSR count). The van der Waals surface area contributed by atoms with Crippen LogP contribution in [0.1, 0.15) is 36.7 Å². The quantitative estimate of drug-likeness (QED) is 0.768. The second-order valence-corrected chi connectivity index (χ2v) is 6.97. The lowest BCUT2D eigenvalue weighted by molar-refractivity contribution is -0.115. The molecule has 0 bridgehead atoms. The van der Waals surface area contributed by atoms with Gasteiger partial charge in [0, 0.05) is 22.4 Å². The lowest BCUT2D eigenvalue weighted by atomic mass is 10.1. The number of phenols is 1. The Morgan fingerprint density at radius 3 is 2.46 bits per heavy atom. The monoisotopic (exact) mass is 356 g/mol. The molecule has 0 spiro atoms. The molecule has 6 heteroatoms. The van der Waals surface area contributed by atoms with Crippen LogP contribution < -0.4 is 15.4 Å². The largest absolute Gasteiger partial charge is 0.508 e.